The summed E-state index contributed by atoms with van der Waals surface area (Å²) in [7, 11) is 0. The average molecular weight is 96.1 g/mol. The third-order valence-corrected chi connectivity index (χ3v) is 0.0962. The Hall–Kier alpha value is -1.07. The highest BCUT2D eigenvalue weighted by atomic mass is 16.1. The first kappa shape index (κ1) is 9.33. The lowest BCUT2D eigenvalue weighted by atomic mass is 10.8. The van der Waals surface area contributed by atoms with Gasteiger partial charge in [-0.2, -0.15) is 0 Å². The van der Waals surface area contributed by atoms with E-state index in [2.05, 4.69) is 25.5 Å². The van der Waals surface area contributed by atoms with E-state index in [4.69, 9.17) is 4.79 Å². The Morgan fingerprint density at radius 3 is 1.57 bits per heavy atom. The first-order valence-corrected chi connectivity index (χ1v) is 1.68. The highest BCUT2D eigenvalue weighted by Crippen LogP contribution is 1.35. The number of allylic oxidation sites excluding steroid dienone is 1. The molecule has 38 valence electrons. The van der Waals surface area contributed by atoms with E-state index in [9.17, 15) is 0 Å². The van der Waals surface area contributed by atoms with Gasteiger partial charge in [-0.1, -0.05) is 19.7 Å². The topological polar surface area (TPSA) is 17.1 Å². The van der Waals surface area contributed by atoms with E-state index in [1.807, 2.05) is 0 Å². The molecule has 0 aromatic carbocycles. The van der Waals surface area contributed by atoms with E-state index >= 15 is 0 Å². The molecular weight excluding hydrogens is 88.1 g/mol. The number of carbonyl (C=O) groups is 1. The minimum Gasteiger partial charge on any atom is -0.299 e. The van der Waals surface area contributed by atoms with Crippen LogP contribution in [0.3, 0.4) is 0 Å². The zero-order valence-electron chi connectivity index (χ0n) is 4.18. The van der Waals surface area contributed by atoms with Crippen LogP contribution in [0.2, 0.25) is 0 Å². The van der Waals surface area contributed by atoms with Crippen LogP contribution in [0.25, 0.3) is 0 Å². The lowest BCUT2D eigenvalue weighted by molar-refractivity contribution is -0.104. The maximum atomic E-state index is 9.06. The molecule has 0 saturated carbocycles. The largest absolute Gasteiger partial charge is 0.299 e. The molecule has 0 rings (SSSR count). The van der Waals surface area contributed by atoms with Gasteiger partial charge in [0.1, 0.15) is 6.29 Å². The molecule has 0 bridgehead atoms. The first-order chi connectivity index (χ1) is 3.33. The molecule has 0 fully saturated rings. The maximum Gasteiger partial charge on any atom is 0.142 e. The predicted octanol–water partition coefficient (Wildman–Crippen LogP) is 1.33. The Morgan fingerprint density at radius 1 is 1.43 bits per heavy atom. The summed E-state index contributed by atoms with van der Waals surface area (Å²) in [4.78, 5) is 9.06. The van der Waals surface area contributed by atoms with Crippen molar-refractivity contribution in [2.45, 2.75) is 0 Å². The number of rotatable bonds is 1. The normalized spacial score (nSPS) is 4.00. The summed E-state index contributed by atoms with van der Waals surface area (Å²) < 4.78 is 0. The molecule has 0 N–H and O–H groups in total. The summed E-state index contributed by atoms with van der Waals surface area (Å²) in [5.41, 5.74) is 2.25. The number of hydrogen-bond acceptors (Lipinski definition) is 1. The van der Waals surface area contributed by atoms with Crippen molar-refractivity contribution in [3.8, 4) is 0 Å². The van der Waals surface area contributed by atoms with Crippen LogP contribution >= 0.6 is 0 Å². The van der Waals surface area contributed by atoms with Gasteiger partial charge in [-0.15, -0.1) is 5.73 Å². The van der Waals surface area contributed by atoms with Crippen LogP contribution in [-0.4, -0.2) is 6.29 Å². The van der Waals surface area contributed by atoms with Gasteiger partial charge in [0.15, 0.2) is 0 Å². The van der Waals surface area contributed by atoms with E-state index in [-0.39, 0.29) is 0 Å². The minimum atomic E-state index is 0.639. The molecule has 0 aromatic rings. The van der Waals surface area contributed by atoms with Crippen LogP contribution in [0, 0.1) is 0 Å². The molecule has 0 saturated heterocycles. The summed E-state index contributed by atoms with van der Waals surface area (Å²) >= 11 is 0. The Bertz CT molecular complexity index is 70.2. The fourth-order valence-corrected chi connectivity index (χ4v) is 0. The monoisotopic (exact) mass is 96.1 g/mol. The van der Waals surface area contributed by atoms with Crippen molar-refractivity contribution >= 4 is 6.29 Å². The van der Waals surface area contributed by atoms with E-state index in [1.54, 1.807) is 0 Å². The molecule has 0 aliphatic rings. The van der Waals surface area contributed by atoms with Gasteiger partial charge >= 0.3 is 0 Å². The summed E-state index contributed by atoms with van der Waals surface area (Å²) in [6, 6.07) is 0. The lowest BCUT2D eigenvalue weighted by Crippen LogP contribution is -1.44. The molecule has 0 aliphatic carbocycles. The van der Waals surface area contributed by atoms with Crippen LogP contribution in [0.4, 0.5) is 0 Å². The van der Waals surface area contributed by atoms with Crippen molar-refractivity contribution in [2.24, 2.45) is 0 Å². The fraction of sp³-hybridized carbons (Fsp3) is 0. The zero-order valence-corrected chi connectivity index (χ0v) is 4.18. The fourth-order valence-electron chi connectivity index (χ4n) is 0. The van der Waals surface area contributed by atoms with Gasteiger partial charge in [-0.05, 0) is 6.08 Å². The third-order valence-electron chi connectivity index (χ3n) is 0.0962. The van der Waals surface area contributed by atoms with Gasteiger partial charge < -0.3 is 0 Å². The smallest absolute Gasteiger partial charge is 0.142 e. The molecule has 0 unspecified atom stereocenters. The quantitative estimate of drug-likeness (QED) is 0.273. The molecule has 0 radical (unpaired) electrons. The second-order valence-corrected chi connectivity index (χ2v) is 0.622. The summed E-state index contributed by atoms with van der Waals surface area (Å²) in [5, 5.41) is 0. The summed E-state index contributed by atoms with van der Waals surface area (Å²) in [6.07, 6.45) is 1.83. The van der Waals surface area contributed by atoms with Gasteiger partial charge in [0.2, 0.25) is 0 Å². The van der Waals surface area contributed by atoms with E-state index in [0.29, 0.717) is 6.29 Å². The average Bonchev–Trinajstić information content (AvgIpc) is 1.69. The number of aldehydes is 1. The van der Waals surface area contributed by atoms with Gasteiger partial charge in [0, 0.05) is 0 Å². The molecule has 1 heteroatoms. The molecule has 0 aliphatic heterocycles. The molecule has 0 amide bonds. The second kappa shape index (κ2) is 20.4. The van der Waals surface area contributed by atoms with Crippen LogP contribution in [0.15, 0.2) is 31.5 Å². The van der Waals surface area contributed by atoms with Gasteiger partial charge in [-0.25, -0.2) is 0 Å². The minimum absolute atomic E-state index is 0.639. The Labute approximate surface area is 43.7 Å². The molecule has 7 heavy (non-hydrogen) atoms. The van der Waals surface area contributed by atoms with Crippen molar-refractivity contribution in [3.63, 3.8) is 0 Å². The number of carbonyl (C=O) groups excluding carboxylic acids is 1. The predicted molar refractivity (Wildman–Crippen MR) is 31.0 cm³/mol. The molecule has 0 spiro atoms. The Morgan fingerprint density at radius 2 is 1.57 bits per heavy atom. The van der Waals surface area contributed by atoms with Crippen LogP contribution in [0.5, 0.6) is 0 Å². The highest BCUT2D eigenvalue weighted by Gasteiger charge is 1.38. The molecule has 0 aromatic heterocycles. The van der Waals surface area contributed by atoms with Crippen molar-refractivity contribution < 1.29 is 4.79 Å². The van der Waals surface area contributed by atoms with E-state index < -0.39 is 0 Å². The van der Waals surface area contributed by atoms with Crippen LogP contribution < -0.4 is 0 Å². The van der Waals surface area contributed by atoms with E-state index in [0.717, 1.165) is 0 Å². The Kier molecular flexibility index (Phi) is 27.3. The molecule has 0 heterocycles. The van der Waals surface area contributed by atoms with Crippen molar-refractivity contribution in [1.29, 1.82) is 0 Å². The number of hydrogen-bond donors (Lipinski definition) is 0. The van der Waals surface area contributed by atoms with Crippen molar-refractivity contribution in [1.82, 2.24) is 0 Å². The second-order valence-electron chi connectivity index (χ2n) is 0.622. The first-order valence-electron chi connectivity index (χ1n) is 1.68. The SMILES string of the molecule is C=C=C.C=CC=O. The Balaban J connectivity index is 0. The van der Waals surface area contributed by atoms with Crippen LogP contribution in [-0.2, 0) is 4.79 Å². The van der Waals surface area contributed by atoms with Crippen LogP contribution in [0.1, 0.15) is 0 Å². The van der Waals surface area contributed by atoms with E-state index in [1.165, 1.54) is 6.08 Å². The summed E-state index contributed by atoms with van der Waals surface area (Å²) in [6.45, 7) is 9.36. The maximum absolute atomic E-state index is 9.06. The van der Waals surface area contributed by atoms with Gasteiger partial charge in [0.25, 0.3) is 0 Å². The molecule has 1 nitrogen and oxygen atoms in total. The highest BCUT2D eigenvalue weighted by molar-refractivity contribution is 5.63. The summed E-state index contributed by atoms with van der Waals surface area (Å²) in [5.74, 6) is 0. The zero-order chi connectivity index (χ0) is 6.12. The van der Waals surface area contributed by atoms with Crippen molar-refractivity contribution in [2.75, 3.05) is 0 Å². The van der Waals surface area contributed by atoms with Crippen molar-refractivity contribution in [3.05, 3.63) is 31.5 Å². The van der Waals surface area contributed by atoms with Gasteiger partial charge in [0.05, 0.1) is 0 Å². The molecular formula is C6H8O. The third kappa shape index (κ3) is 8640. The van der Waals surface area contributed by atoms with Gasteiger partial charge in [-0.3, -0.25) is 4.79 Å². The standard InChI is InChI=1S/C3H4O.C3H4/c1-2-3-4;1-3-2/h2-3H,1H2;1-2H2. The lowest BCUT2D eigenvalue weighted by Gasteiger charge is -1.37. The molecule has 0 atom stereocenters.